The molecule has 1 rings (SSSR count). The summed E-state index contributed by atoms with van der Waals surface area (Å²) in [6.07, 6.45) is 9.19. The van der Waals surface area contributed by atoms with Crippen LogP contribution in [0.4, 0.5) is 0 Å². The second kappa shape index (κ2) is 7.24. The highest BCUT2D eigenvalue weighted by Crippen LogP contribution is 2.19. The van der Waals surface area contributed by atoms with Gasteiger partial charge in [-0.05, 0) is 38.8 Å². The van der Waals surface area contributed by atoms with E-state index in [0.717, 1.165) is 6.04 Å². The first kappa shape index (κ1) is 13.0. The van der Waals surface area contributed by atoms with Gasteiger partial charge in [0.15, 0.2) is 0 Å². The van der Waals surface area contributed by atoms with Crippen LogP contribution in [0.5, 0.6) is 0 Å². The van der Waals surface area contributed by atoms with Crippen LogP contribution in [-0.2, 0) is 0 Å². The number of rotatable bonds is 6. The fourth-order valence-electron chi connectivity index (χ4n) is 2.57. The minimum atomic E-state index is 0.467. The maximum absolute atomic E-state index is 5.94. The highest BCUT2D eigenvalue weighted by atomic mass is 15.2. The molecule has 0 aromatic rings. The van der Waals surface area contributed by atoms with Gasteiger partial charge < -0.3 is 10.6 Å². The van der Waals surface area contributed by atoms with E-state index in [9.17, 15) is 0 Å². The molecule has 1 unspecified atom stereocenters. The van der Waals surface area contributed by atoms with E-state index >= 15 is 0 Å². The summed E-state index contributed by atoms with van der Waals surface area (Å²) in [6, 6.07) is 1.30. The maximum atomic E-state index is 5.94. The van der Waals surface area contributed by atoms with Gasteiger partial charge in [0.25, 0.3) is 0 Å². The third-order valence-electron chi connectivity index (χ3n) is 3.60. The van der Waals surface area contributed by atoms with E-state index in [4.69, 9.17) is 5.73 Å². The predicted octanol–water partition coefficient (Wildman–Crippen LogP) is 2.77. The van der Waals surface area contributed by atoms with Crippen molar-refractivity contribution in [1.82, 2.24) is 4.90 Å². The van der Waals surface area contributed by atoms with Gasteiger partial charge in [-0.2, -0.15) is 0 Å². The number of piperidine rings is 1. The zero-order valence-electron chi connectivity index (χ0n) is 10.5. The SMILES string of the molecule is CCCCC(CCC)N1CCC(N)CC1. The van der Waals surface area contributed by atoms with Gasteiger partial charge in [0.1, 0.15) is 0 Å². The first-order valence-electron chi connectivity index (χ1n) is 6.77. The average molecular weight is 212 g/mol. The summed E-state index contributed by atoms with van der Waals surface area (Å²) in [4.78, 5) is 2.68. The molecule has 2 N–H and O–H groups in total. The van der Waals surface area contributed by atoms with Crippen LogP contribution in [0.25, 0.3) is 0 Å². The first-order chi connectivity index (χ1) is 7.27. The second-order valence-electron chi connectivity index (χ2n) is 4.96. The van der Waals surface area contributed by atoms with Crippen LogP contribution in [-0.4, -0.2) is 30.1 Å². The number of nitrogens with zero attached hydrogens (tertiary/aromatic N) is 1. The summed E-state index contributed by atoms with van der Waals surface area (Å²) < 4.78 is 0. The predicted molar refractivity (Wildman–Crippen MR) is 67.0 cm³/mol. The molecule has 0 bridgehead atoms. The summed E-state index contributed by atoms with van der Waals surface area (Å²) in [7, 11) is 0. The van der Waals surface area contributed by atoms with Crippen molar-refractivity contribution in [1.29, 1.82) is 0 Å². The van der Waals surface area contributed by atoms with Gasteiger partial charge in [-0.1, -0.05) is 33.1 Å². The Morgan fingerprint density at radius 2 is 1.80 bits per heavy atom. The molecular weight excluding hydrogens is 184 g/mol. The van der Waals surface area contributed by atoms with E-state index in [1.54, 1.807) is 0 Å². The topological polar surface area (TPSA) is 29.3 Å². The molecule has 2 heteroatoms. The zero-order valence-corrected chi connectivity index (χ0v) is 10.5. The summed E-state index contributed by atoms with van der Waals surface area (Å²) in [5, 5.41) is 0. The lowest BCUT2D eigenvalue weighted by Crippen LogP contribution is -2.45. The van der Waals surface area contributed by atoms with E-state index in [1.165, 1.54) is 58.0 Å². The molecule has 1 aliphatic heterocycles. The van der Waals surface area contributed by atoms with Crippen LogP contribution in [0.15, 0.2) is 0 Å². The Morgan fingerprint density at radius 1 is 1.13 bits per heavy atom. The minimum absolute atomic E-state index is 0.467. The Balaban J connectivity index is 2.33. The lowest BCUT2D eigenvalue weighted by molar-refractivity contribution is 0.136. The molecule has 1 heterocycles. The Hall–Kier alpha value is -0.0800. The summed E-state index contributed by atoms with van der Waals surface area (Å²) in [6.45, 7) is 7.05. The van der Waals surface area contributed by atoms with Crippen LogP contribution in [0, 0.1) is 0 Å². The van der Waals surface area contributed by atoms with Gasteiger partial charge in [0, 0.05) is 12.1 Å². The van der Waals surface area contributed by atoms with Gasteiger partial charge in [0.05, 0.1) is 0 Å². The number of hydrogen-bond acceptors (Lipinski definition) is 2. The van der Waals surface area contributed by atoms with Gasteiger partial charge in [0.2, 0.25) is 0 Å². The molecular formula is C13H28N2. The van der Waals surface area contributed by atoms with Gasteiger partial charge >= 0.3 is 0 Å². The molecule has 0 amide bonds. The van der Waals surface area contributed by atoms with Crippen molar-refractivity contribution in [2.45, 2.75) is 70.9 Å². The normalized spacial score (nSPS) is 21.8. The third-order valence-corrected chi connectivity index (χ3v) is 3.60. The van der Waals surface area contributed by atoms with Crippen LogP contribution in [0.3, 0.4) is 0 Å². The molecule has 90 valence electrons. The number of unbranched alkanes of at least 4 members (excludes halogenated alkanes) is 1. The summed E-state index contributed by atoms with van der Waals surface area (Å²) in [5.41, 5.74) is 5.94. The highest BCUT2D eigenvalue weighted by molar-refractivity contribution is 4.79. The lowest BCUT2D eigenvalue weighted by Gasteiger charge is -2.36. The fourth-order valence-corrected chi connectivity index (χ4v) is 2.57. The van der Waals surface area contributed by atoms with Crippen LogP contribution >= 0.6 is 0 Å². The van der Waals surface area contributed by atoms with Crippen molar-refractivity contribution in [2.75, 3.05) is 13.1 Å². The van der Waals surface area contributed by atoms with Gasteiger partial charge in [-0.3, -0.25) is 0 Å². The van der Waals surface area contributed by atoms with Crippen molar-refractivity contribution < 1.29 is 0 Å². The Labute approximate surface area is 95.2 Å². The Morgan fingerprint density at radius 3 is 2.33 bits per heavy atom. The second-order valence-corrected chi connectivity index (χ2v) is 4.96. The number of hydrogen-bond donors (Lipinski definition) is 1. The smallest absolute Gasteiger partial charge is 0.00951 e. The molecule has 0 radical (unpaired) electrons. The van der Waals surface area contributed by atoms with Crippen molar-refractivity contribution >= 4 is 0 Å². The van der Waals surface area contributed by atoms with Gasteiger partial charge in [-0.15, -0.1) is 0 Å². The van der Waals surface area contributed by atoms with E-state index in [2.05, 4.69) is 18.7 Å². The molecule has 1 aliphatic rings. The van der Waals surface area contributed by atoms with Crippen LogP contribution in [0.1, 0.15) is 58.8 Å². The number of nitrogens with two attached hydrogens (primary N) is 1. The fraction of sp³-hybridized carbons (Fsp3) is 1.00. The highest BCUT2D eigenvalue weighted by Gasteiger charge is 2.22. The zero-order chi connectivity index (χ0) is 11.1. The molecule has 15 heavy (non-hydrogen) atoms. The third kappa shape index (κ3) is 4.52. The summed E-state index contributed by atoms with van der Waals surface area (Å²) >= 11 is 0. The Kier molecular flexibility index (Phi) is 6.26. The number of likely N-dealkylation sites (tertiary alicyclic amines) is 1. The van der Waals surface area contributed by atoms with Gasteiger partial charge in [-0.25, -0.2) is 0 Å². The molecule has 1 atom stereocenters. The molecule has 1 fully saturated rings. The van der Waals surface area contributed by atoms with E-state index in [1.807, 2.05) is 0 Å². The van der Waals surface area contributed by atoms with Crippen LogP contribution in [0.2, 0.25) is 0 Å². The average Bonchev–Trinajstić information content (AvgIpc) is 2.25. The molecule has 2 nitrogen and oxygen atoms in total. The van der Waals surface area contributed by atoms with E-state index in [0.29, 0.717) is 6.04 Å². The molecule has 0 aromatic carbocycles. The Bertz CT molecular complexity index is 151. The minimum Gasteiger partial charge on any atom is -0.328 e. The molecule has 1 saturated heterocycles. The molecule has 0 saturated carbocycles. The van der Waals surface area contributed by atoms with Crippen molar-refractivity contribution in [2.24, 2.45) is 5.73 Å². The monoisotopic (exact) mass is 212 g/mol. The quantitative estimate of drug-likeness (QED) is 0.733. The van der Waals surface area contributed by atoms with Crippen LogP contribution < -0.4 is 5.73 Å². The largest absolute Gasteiger partial charge is 0.328 e. The molecule has 0 spiro atoms. The first-order valence-corrected chi connectivity index (χ1v) is 6.77. The standard InChI is InChI=1S/C13H28N2/c1-3-5-7-13(6-4-2)15-10-8-12(14)9-11-15/h12-13H,3-11,14H2,1-2H3. The molecule has 0 aromatic heterocycles. The van der Waals surface area contributed by atoms with Crippen molar-refractivity contribution in [3.63, 3.8) is 0 Å². The lowest BCUT2D eigenvalue weighted by atomic mass is 9.98. The van der Waals surface area contributed by atoms with E-state index < -0.39 is 0 Å². The van der Waals surface area contributed by atoms with Crippen molar-refractivity contribution in [3.05, 3.63) is 0 Å². The maximum Gasteiger partial charge on any atom is 0.00951 e. The molecule has 0 aliphatic carbocycles. The summed E-state index contributed by atoms with van der Waals surface area (Å²) in [5.74, 6) is 0. The van der Waals surface area contributed by atoms with Crippen molar-refractivity contribution in [3.8, 4) is 0 Å². The van der Waals surface area contributed by atoms with E-state index in [-0.39, 0.29) is 0 Å².